The van der Waals surface area contributed by atoms with Crippen LogP contribution in [-0.4, -0.2) is 51.8 Å². The Morgan fingerprint density at radius 1 is 1.43 bits per heavy atom. The van der Waals surface area contributed by atoms with E-state index in [1.54, 1.807) is 18.5 Å². The van der Waals surface area contributed by atoms with E-state index in [9.17, 15) is 4.79 Å². The Balaban J connectivity index is 2.26. The normalized spacial score (nSPS) is 18.0. The number of likely N-dealkylation sites (tertiary alicyclic amines) is 1. The lowest BCUT2D eigenvalue weighted by Crippen LogP contribution is -2.44. The van der Waals surface area contributed by atoms with Crippen LogP contribution in [0.4, 0.5) is 0 Å². The molecule has 1 fully saturated rings. The van der Waals surface area contributed by atoms with Crippen molar-refractivity contribution in [3.05, 3.63) is 29.6 Å². The number of pyridine rings is 1. The lowest BCUT2D eigenvalue weighted by atomic mass is 9.98. The molecule has 0 radical (unpaired) electrons. The van der Waals surface area contributed by atoms with Gasteiger partial charge in [0.15, 0.2) is 0 Å². The average Bonchev–Trinajstić information content (AvgIpc) is 2.53. The highest BCUT2D eigenvalue weighted by atomic mass is 16.3. The molecule has 0 bridgehead atoms. The van der Waals surface area contributed by atoms with Gasteiger partial charge in [-0.15, -0.1) is 0 Å². The lowest BCUT2D eigenvalue weighted by Gasteiger charge is -2.35. The zero-order valence-corrected chi connectivity index (χ0v) is 12.0. The van der Waals surface area contributed by atoms with Crippen LogP contribution in [0.1, 0.15) is 41.6 Å². The highest BCUT2D eigenvalue weighted by Crippen LogP contribution is 2.22. The summed E-state index contributed by atoms with van der Waals surface area (Å²) in [4.78, 5) is 18.6. The number of amides is 1. The van der Waals surface area contributed by atoms with E-state index >= 15 is 0 Å². The summed E-state index contributed by atoms with van der Waals surface area (Å²) >= 11 is 0. The van der Waals surface area contributed by atoms with Crippen LogP contribution in [0.15, 0.2) is 18.5 Å². The fraction of sp³-hybridized carbons (Fsp3) is 0.500. The molecule has 1 aliphatic rings. The summed E-state index contributed by atoms with van der Waals surface area (Å²) in [7, 11) is 0. The molecule has 5 heteroatoms. The molecule has 2 heterocycles. The van der Waals surface area contributed by atoms with Crippen LogP contribution in [0.2, 0.25) is 0 Å². The number of aliphatic hydroxyl groups is 2. The van der Waals surface area contributed by atoms with Crippen LogP contribution in [-0.2, 0) is 0 Å². The molecule has 1 aromatic rings. The summed E-state index contributed by atoms with van der Waals surface area (Å²) in [6.07, 6.45) is 6.71. The van der Waals surface area contributed by atoms with Gasteiger partial charge in [0.05, 0.1) is 11.1 Å². The first kappa shape index (κ1) is 15.5. The predicted octanol–water partition coefficient (Wildman–Crippen LogP) is 0.802. The van der Waals surface area contributed by atoms with Crippen molar-refractivity contribution in [2.75, 3.05) is 19.8 Å². The zero-order chi connectivity index (χ0) is 15.1. The van der Waals surface area contributed by atoms with E-state index in [0.717, 1.165) is 19.3 Å². The summed E-state index contributed by atoms with van der Waals surface area (Å²) in [6, 6.07) is 1.75. The van der Waals surface area contributed by atoms with Crippen LogP contribution < -0.4 is 0 Å². The summed E-state index contributed by atoms with van der Waals surface area (Å²) in [5.74, 6) is 5.25. The van der Waals surface area contributed by atoms with E-state index in [-0.39, 0.29) is 25.2 Å². The molecular formula is C16H20N2O3. The Hall–Kier alpha value is -1.90. The van der Waals surface area contributed by atoms with Crippen molar-refractivity contribution in [3.63, 3.8) is 0 Å². The molecule has 1 saturated heterocycles. The second-order valence-electron chi connectivity index (χ2n) is 5.04. The Morgan fingerprint density at radius 3 is 3.05 bits per heavy atom. The van der Waals surface area contributed by atoms with E-state index < -0.39 is 0 Å². The van der Waals surface area contributed by atoms with Crippen molar-refractivity contribution in [2.45, 2.75) is 31.7 Å². The van der Waals surface area contributed by atoms with Gasteiger partial charge in [-0.3, -0.25) is 9.78 Å². The maximum atomic E-state index is 12.8. The molecule has 1 aliphatic heterocycles. The van der Waals surface area contributed by atoms with E-state index in [1.807, 2.05) is 4.90 Å². The highest BCUT2D eigenvalue weighted by molar-refractivity contribution is 5.96. The van der Waals surface area contributed by atoms with Gasteiger partial charge in [0, 0.05) is 31.6 Å². The topological polar surface area (TPSA) is 73.7 Å². The number of carbonyl (C=O) groups is 1. The molecule has 5 nitrogen and oxygen atoms in total. The minimum absolute atomic E-state index is 0.0715. The zero-order valence-electron chi connectivity index (χ0n) is 12.0. The molecule has 2 N–H and O–H groups in total. The molecular weight excluding hydrogens is 268 g/mol. The lowest BCUT2D eigenvalue weighted by molar-refractivity contribution is 0.0574. The SMILES string of the molecule is O=C(c1ccncc1C#CCO)N1CCCCC1CCO. The van der Waals surface area contributed by atoms with E-state index in [1.165, 1.54) is 0 Å². The third-order valence-corrected chi connectivity index (χ3v) is 3.70. The first-order valence-corrected chi connectivity index (χ1v) is 7.23. The van der Waals surface area contributed by atoms with Gasteiger partial charge in [-0.25, -0.2) is 0 Å². The molecule has 0 spiro atoms. The number of hydrogen-bond donors (Lipinski definition) is 2. The fourth-order valence-electron chi connectivity index (χ4n) is 2.69. The molecule has 0 aliphatic carbocycles. The van der Waals surface area contributed by atoms with Gasteiger partial charge >= 0.3 is 0 Å². The van der Waals surface area contributed by atoms with Gasteiger partial charge in [0.2, 0.25) is 0 Å². The number of aromatic nitrogens is 1. The molecule has 1 amide bonds. The quantitative estimate of drug-likeness (QED) is 0.807. The van der Waals surface area contributed by atoms with Crippen molar-refractivity contribution in [2.24, 2.45) is 0 Å². The number of aliphatic hydroxyl groups excluding tert-OH is 2. The minimum Gasteiger partial charge on any atom is -0.396 e. The van der Waals surface area contributed by atoms with Gasteiger partial charge in [-0.1, -0.05) is 11.8 Å². The molecule has 2 rings (SSSR count). The number of piperidine rings is 1. The predicted molar refractivity (Wildman–Crippen MR) is 78.6 cm³/mol. The first-order chi connectivity index (χ1) is 10.3. The van der Waals surface area contributed by atoms with Gasteiger partial charge in [-0.2, -0.15) is 0 Å². The van der Waals surface area contributed by atoms with Crippen molar-refractivity contribution < 1.29 is 15.0 Å². The minimum atomic E-state index is -0.251. The fourth-order valence-corrected chi connectivity index (χ4v) is 2.69. The molecule has 1 atom stereocenters. The summed E-state index contributed by atoms with van der Waals surface area (Å²) in [5, 5.41) is 18.0. The van der Waals surface area contributed by atoms with Crippen LogP contribution >= 0.6 is 0 Å². The van der Waals surface area contributed by atoms with Crippen LogP contribution in [0, 0.1) is 11.8 Å². The van der Waals surface area contributed by atoms with Crippen LogP contribution in [0.3, 0.4) is 0 Å². The van der Waals surface area contributed by atoms with E-state index in [2.05, 4.69) is 16.8 Å². The number of rotatable bonds is 3. The summed E-state index contributed by atoms with van der Waals surface area (Å²) in [5.41, 5.74) is 1.04. The first-order valence-electron chi connectivity index (χ1n) is 7.23. The molecule has 112 valence electrons. The largest absolute Gasteiger partial charge is 0.396 e. The summed E-state index contributed by atoms with van der Waals surface area (Å²) < 4.78 is 0. The maximum Gasteiger partial charge on any atom is 0.255 e. The van der Waals surface area contributed by atoms with Crippen molar-refractivity contribution in [1.82, 2.24) is 9.88 Å². The average molecular weight is 288 g/mol. The Kier molecular flexibility index (Phi) is 5.73. The van der Waals surface area contributed by atoms with Gasteiger partial charge < -0.3 is 15.1 Å². The van der Waals surface area contributed by atoms with E-state index in [0.29, 0.717) is 24.1 Å². The second-order valence-corrected chi connectivity index (χ2v) is 5.04. The Labute approximate surface area is 124 Å². The van der Waals surface area contributed by atoms with Crippen molar-refractivity contribution in [3.8, 4) is 11.8 Å². The maximum absolute atomic E-state index is 12.8. The number of carbonyl (C=O) groups excluding carboxylic acids is 1. The third kappa shape index (κ3) is 3.81. The highest BCUT2D eigenvalue weighted by Gasteiger charge is 2.28. The smallest absolute Gasteiger partial charge is 0.255 e. The Bertz CT molecular complexity index is 546. The Morgan fingerprint density at radius 2 is 2.29 bits per heavy atom. The standard InChI is InChI=1S/C16H20N2O3/c19-10-3-4-13-12-17-8-6-15(13)16(21)18-9-2-1-5-14(18)7-11-20/h6,8,12,14,19-20H,1-2,5,7,9-11H2. The van der Waals surface area contributed by atoms with Crippen molar-refractivity contribution in [1.29, 1.82) is 0 Å². The van der Waals surface area contributed by atoms with Gasteiger partial charge in [-0.05, 0) is 31.7 Å². The van der Waals surface area contributed by atoms with Crippen LogP contribution in [0.25, 0.3) is 0 Å². The third-order valence-electron chi connectivity index (χ3n) is 3.70. The molecule has 21 heavy (non-hydrogen) atoms. The molecule has 0 aromatic carbocycles. The number of hydrogen-bond acceptors (Lipinski definition) is 4. The summed E-state index contributed by atoms with van der Waals surface area (Å²) in [6.45, 7) is 0.542. The van der Waals surface area contributed by atoms with Gasteiger partial charge in [0.1, 0.15) is 6.61 Å². The molecule has 1 aromatic heterocycles. The van der Waals surface area contributed by atoms with Crippen LogP contribution in [0.5, 0.6) is 0 Å². The van der Waals surface area contributed by atoms with Gasteiger partial charge in [0.25, 0.3) is 5.91 Å². The molecule has 1 unspecified atom stereocenters. The van der Waals surface area contributed by atoms with Crippen molar-refractivity contribution >= 4 is 5.91 Å². The van der Waals surface area contributed by atoms with E-state index in [4.69, 9.17) is 10.2 Å². The number of nitrogens with zero attached hydrogens (tertiary/aromatic N) is 2. The molecule has 0 saturated carbocycles. The second kappa shape index (κ2) is 7.77. The monoisotopic (exact) mass is 288 g/mol.